The van der Waals surface area contributed by atoms with E-state index in [0.717, 1.165) is 60.4 Å². The average Bonchev–Trinajstić information content (AvgIpc) is 3.25. The minimum absolute atomic E-state index is 0.0887. The van der Waals surface area contributed by atoms with Gasteiger partial charge in [0.15, 0.2) is 0 Å². The number of rotatable bonds is 9. The van der Waals surface area contributed by atoms with Crippen molar-refractivity contribution in [3.8, 4) is 58.9 Å². The van der Waals surface area contributed by atoms with E-state index in [-0.39, 0.29) is 11.1 Å². The van der Waals surface area contributed by atoms with Gasteiger partial charge in [0.1, 0.15) is 11.5 Å². The Labute approximate surface area is 346 Å². The van der Waals surface area contributed by atoms with Gasteiger partial charge in [-0.15, -0.1) is 0 Å². The van der Waals surface area contributed by atoms with E-state index in [1.54, 1.807) is 48.5 Å². The molecule has 0 aliphatic rings. The fourth-order valence-corrected chi connectivity index (χ4v) is 5.84. The SMILES string of the molecule is FC(F)(F)c1ccccc1C#Cc1ccccc1C#Cc1ccc(OCCCCCCOc2ccc(C#Cc3ccccc3C#Cc3ccccc3C(F)(F)F)cc2)cc1. The molecule has 0 spiro atoms. The van der Waals surface area contributed by atoms with Gasteiger partial charge in [-0.2, -0.15) is 26.3 Å². The summed E-state index contributed by atoms with van der Waals surface area (Å²) in [5.41, 5.74) is 2.11. The van der Waals surface area contributed by atoms with Crippen LogP contribution in [0.3, 0.4) is 0 Å². The zero-order valence-electron chi connectivity index (χ0n) is 32.2. The first kappa shape index (κ1) is 42.3. The molecule has 0 atom stereocenters. The van der Waals surface area contributed by atoms with Crippen LogP contribution in [0.25, 0.3) is 0 Å². The summed E-state index contributed by atoms with van der Waals surface area (Å²) in [6, 6.07) is 39.5. The normalized spacial score (nSPS) is 10.7. The topological polar surface area (TPSA) is 18.5 Å². The van der Waals surface area contributed by atoms with E-state index in [1.165, 1.54) is 36.4 Å². The molecule has 0 unspecified atom stereocenters. The van der Waals surface area contributed by atoms with Crippen LogP contribution in [-0.2, 0) is 12.4 Å². The third-order valence-corrected chi connectivity index (χ3v) is 8.95. The van der Waals surface area contributed by atoms with Gasteiger partial charge in [-0.05, 0) is 123 Å². The second kappa shape index (κ2) is 20.4. The van der Waals surface area contributed by atoms with Crippen molar-refractivity contribution in [1.82, 2.24) is 0 Å². The summed E-state index contributed by atoms with van der Waals surface area (Å²) in [5, 5.41) is 0. The molecule has 0 amide bonds. The Morgan fingerprint density at radius 2 is 0.600 bits per heavy atom. The molecule has 2 nitrogen and oxygen atoms in total. The van der Waals surface area contributed by atoms with Crippen molar-refractivity contribution in [3.63, 3.8) is 0 Å². The number of hydrogen-bond acceptors (Lipinski definition) is 2. The second-order valence-corrected chi connectivity index (χ2v) is 13.3. The predicted molar refractivity (Wildman–Crippen MR) is 222 cm³/mol. The lowest BCUT2D eigenvalue weighted by atomic mass is 10.0. The van der Waals surface area contributed by atoms with Crippen molar-refractivity contribution in [2.45, 2.75) is 38.0 Å². The Morgan fingerprint density at radius 3 is 0.933 bits per heavy atom. The molecule has 0 fully saturated rings. The van der Waals surface area contributed by atoms with Gasteiger partial charge in [0.05, 0.1) is 24.3 Å². The minimum atomic E-state index is -4.49. The van der Waals surface area contributed by atoms with Crippen LogP contribution in [-0.4, -0.2) is 13.2 Å². The summed E-state index contributed by atoms with van der Waals surface area (Å²) in [5.74, 6) is 24.9. The highest BCUT2D eigenvalue weighted by molar-refractivity contribution is 5.57. The lowest BCUT2D eigenvalue weighted by molar-refractivity contribution is -0.138. The number of ether oxygens (including phenoxy) is 2. The first-order valence-electron chi connectivity index (χ1n) is 19.1. The Kier molecular flexibility index (Phi) is 14.4. The Hall–Kier alpha value is -7.26. The van der Waals surface area contributed by atoms with Crippen molar-refractivity contribution < 1.29 is 35.8 Å². The standard InChI is InChI=1S/C52H36F6O2/c53-51(54,55)49-19-9-7-17-45(49)31-29-43-15-5-3-13-41(43)27-21-39-23-33-47(34-24-39)59-37-11-1-2-12-38-60-48-35-25-40(26-36-48)22-28-42-14-4-6-16-44(42)30-32-46-18-8-10-20-50(46)52(56,57)58/h3-10,13-20,23-26,33-36H,1-2,11-12,37-38H2. The molecule has 0 saturated carbocycles. The fraction of sp³-hybridized carbons (Fsp3) is 0.154. The predicted octanol–water partition coefficient (Wildman–Crippen LogP) is 12.3. The van der Waals surface area contributed by atoms with E-state index in [4.69, 9.17) is 9.47 Å². The van der Waals surface area contributed by atoms with Crippen LogP contribution >= 0.6 is 0 Å². The molecule has 298 valence electrons. The fourth-order valence-electron chi connectivity index (χ4n) is 5.84. The van der Waals surface area contributed by atoms with Gasteiger partial charge >= 0.3 is 12.4 Å². The molecule has 60 heavy (non-hydrogen) atoms. The molecular weight excluding hydrogens is 771 g/mol. The van der Waals surface area contributed by atoms with Gasteiger partial charge in [0.25, 0.3) is 0 Å². The van der Waals surface area contributed by atoms with Gasteiger partial charge < -0.3 is 9.47 Å². The van der Waals surface area contributed by atoms with Crippen LogP contribution in [0, 0.1) is 47.4 Å². The molecule has 0 saturated heterocycles. The monoisotopic (exact) mass is 806 g/mol. The number of alkyl halides is 6. The van der Waals surface area contributed by atoms with E-state index < -0.39 is 23.5 Å². The van der Waals surface area contributed by atoms with E-state index in [1.807, 2.05) is 48.5 Å². The molecule has 0 bridgehead atoms. The molecule has 6 aromatic carbocycles. The number of benzene rings is 6. The molecule has 0 aromatic heterocycles. The molecule has 0 aliphatic carbocycles. The summed E-state index contributed by atoms with van der Waals surface area (Å²) in [6.45, 7) is 1.14. The van der Waals surface area contributed by atoms with E-state index in [2.05, 4.69) is 47.4 Å². The zero-order valence-corrected chi connectivity index (χ0v) is 32.2. The quantitative estimate of drug-likeness (QED) is 0.0823. The number of hydrogen-bond donors (Lipinski definition) is 0. The highest BCUT2D eigenvalue weighted by Gasteiger charge is 2.33. The van der Waals surface area contributed by atoms with Crippen molar-refractivity contribution in [2.75, 3.05) is 13.2 Å². The van der Waals surface area contributed by atoms with Crippen LogP contribution in [0.2, 0.25) is 0 Å². The van der Waals surface area contributed by atoms with Gasteiger partial charge in [-0.1, -0.05) is 95.9 Å². The van der Waals surface area contributed by atoms with E-state index in [0.29, 0.717) is 35.5 Å². The second-order valence-electron chi connectivity index (χ2n) is 13.3. The third kappa shape index (κ3) is 12.6. The summed E-state index contributed by atoms with van der Waals surface area (Å²) >= 11 is 0. The van der Waals surface area contributed by atoms with Gasteiger partial charge in [-0.3, -0.25) is 0 Å². The van der Waals surface area contributed by atoms with Crippen molar-refractivity contribution in [2.24, 2.45) is 0 Å². The number of unbranched alkanes of at least 4 members (excludes halogenated alkanes) is 3. The summed E-state index contributed by atoms with van der Waals surface area (Å²) in [7, 11) is 0. The maximum Gasteiger partial charge on any atom is 0.417 e. The largest absolute Gasteiger partial charge is 0.494 e. The third-order valence-electron chi connectivity index (χ3n) is 8.95. The Morgan fingerprint density at radius 1 is 0.317 bits per heavy atom. The average molecular weight is 807 g/mol. The van der Waals surface area contributed by atoms with Crippen LogP contribution in [0.15, 0.2) is 146 Å². The minimum Gasteiger partial charge on any atom is -0.494 e. The van der Waals surface area contributed by atoms with Crippen LogP contribution in [0.5, 0.6) is 11.5 Å². The summed E-state index contributed by atoms with van der Waals surface area (Å²) in [4.78, 5) is 0. The maximum absolute atomic E-state index is 13.4. The molecule has 6 aromatic rings. The van der Waals surface area contributed by atoms with Crippen LogP contribution in [0.1, 0.15) is 81.3 Å². The molecule has 8 heteroatoms. The van der Waals surface area contributed by atoms with Crippen LogP contribution in [0.4, 0.5) is 26.3 Å². The first-order valence-corrected chi connectivity index (χ1v) is 19.1. The van der Waals surface area contributed by atoms with E-state index >= 15 is 0 Å². The molecule has 0 heterocycles. The molecule has 0 aliphatic heterocycles. The van der Waals surface area contributed by atoms with Gasteiger partial charge in [0, 0.05) is 44.5 Å². The Balaban J connectivity index is 0.906. The molecule has 0 radical (unpaired) electrons. The highest BCUT2D eigenvalue weighted by atomic mass is 19.4. The molecular formula is C52H36F6O2. The van der Waals surface area contributed by atoms with Crippen molar-refractivity contribution in [3.05, 3.63) is 201 Å². The highest BCUT2D eigenvalue weighted by Crippen LogP contribution is 2.32. The van der Waals surface area contributed by atoms with Gasteiger partial charge in [-0.25, -0.2) is 0 Å². The van der Waals surface area contributed by atoms with E-state index in [9.17, 15) is 26.3 Å². The zero-order chi connectivity index (χ0) is 42.2. The number of halogens is 6. The van der Waals surface area contributed by atoms with Crippen molar-refractivity contribution in [1.29, 1.82) is 0 Å². The van der Waals surface area contributed by atoms with Crippen molar-refractivity contribution >= 4 is 0 Å². The lowest BCUT2D eigenvalue weighted by Gasteiger charge is -2.08. The Bertz CT molecular complexity index is 2460. The molecule has 0 N–H and O–H groups in total. The van der Waals surface area contributed by atoms with Crippen LogP contribution < -0.4 is 9.47 Å². The van der Waals surface area contributed by atoms with Gasteiger partial charge in [0.2, 0.25) is 0 Å². The summed E-state index contributed by atoms with van der Waals surface area (Å²) < 4.78 is 92.1. The smallest absolute Gasteiger partial charge is 0.417 e. The summed E-state index contributed by atoms with van der Waals surface area (Å²) in [6.07, 6.45) is -5.25. The lowest BCUT2D eigenvalue weighted by Crippen LogP contribution is -2.07. The maximum atomic E-state index is 13.4. The first-order chi connectivity index (χ1) is 29.0. The molecule has 6 rings (SSSR count).